The number of hydrogen-bond donors (Lipinski definition) is 0. The second kappa shape index (κ2) is 9.99. The molecule has 2 aromatic carbocycles. The van der Waals surface area contributed by atoms with E-state index in [2.05, 4.69) is 67.7 Å². The van der Waals surface area contributed by atoms with E-state index in [1.165, 1.54) is 25.7 Å². The van der Waals surface area contributed by atoms with Gasteiger partial charge in [-0.25, -0.2) is 0 Å². The molecule has 4 rings (SSSR count). The molecule has 2 aliphatic heterocycles. The van der Waals surface area contributed by atoms with Crippen LogP contribution in [0, 0.1) is 28.6 Å². The van der Waals surface area contributed by atoms with Gasteiger partial charge in [-0.05, 0) is 23.5 Å². The molecular weight excluding hydrogens is 446 g/mol. The van der Waals surface area contributed by atoms with Gasteiger partial charge in [0.25, 0.3) is 0 Å². The number of nitriles is 2. The lowest BCUT2D eigenvalue weighted by molar-refractivity contribution is -0.949. The molecule has 31 heavy (non-hydrogen) atoms. The minimum Gasteiger partial charge on any atom is -1.00 e. The second-order valence-corrected chi connectivity index (χ2v) is 9.51. The molecular formula is C27H32BrN3. The minimum absolute atomic E-state index is 0. The first-order chi connectivity index (χ1) is 14.6. The van der Waals surface area contributed by atoms with Crippen molar-refractivity contribution in [1.29, 1.82) is 10.5 Å². The van der Waals surface area contributed by atoms with E-state index in [-0.39, 0.29) is 17.0 Å². The van der Waals surface area contributed by atoms with Crippen LogP contribution in [0.15, 0.2) is 60.7 Å². The molecule has 2 aliphatic rings. The van der Waals surface area contributed by atoms with E-state index in [1.807, 2.05) is 12.1 Å². The Morgan fingerprint density at radius 3 is 1.87 bits per heavy atom. The Morgan fingerprint density at radius 1 is 0.903 bits per heavy atom. The molecule has 2 fully saturated rings. The fourth-order valence-electron chi connectivity index (χ4n) is 6.34. The number of halogens is 1. The standard InChI is InChI=1S/C27H32N3.BrH/c1-30(17-9-8-16-28)25-14-15-26(30)19-22(18-25)20-27(21-29,23-10-4-2-5-11-23)24-12-6-3-7-13-24;/h2-7,10-13,22,25-26H,8-9,14-15,17-20H2,1H3;1H/q+1;/p-1. The Labute approximate surface area is 197 Å². The molecule has 2 atom stereocenters. The summed E-state index contributed by atoms with van der Waals surface area (Å²) < 4.78 is 1.15. The third-order valence-corrected chi connectivity index (χ3v) is 7.96. The first kappa shape index (κ1) is 23.5. The molecule has 3 nitrogen and oxygen atoms in total. The molecule has 0 amide bonds. The highest BCUT2D eigenvalue weighted by Gasteiger charge is 2.52. The predicted molar refractivity (Wildman–Crippen MR) is 119 cm³/mol. The number of unbranched alkanes of at least 4 members (excludes halogenated alkanes) is 1. The lowest BCUT2D eigenvalue weighted by Gasteiger charge is -2.48. The fourth-order valence-corrected chi connectivity index (χ4v) is 6.34. The van der Waals surface area contributed by atoms with Crippen molar-refractivity contribution in [3.63, 3.8) is 0 Å². The highest BCUT2D eigenvalue weighted by molar-refractivity contribution is 5.45. The third-order valence-electron chi connectivity index (χ3n) is 7.96. The van der Waals surface area contributed by atoms with Crippen molar-refractivity contribution < 1.29 is 21.5 Å². The molecule has 0 aromatic heterocycles. The molecule has 0 N–H and O–H groups in total. The van der Waals surface area contributed by atoms with Gasteiger partial charge in [0.2, 0.25) is 0 Å². The lowest BCUT2D eigenvalue weighted by Crippen LogP contribution is -3.00. The number of benzene rings is 2. The van der Waals surface area contributed by atoms with Crippen LogP contribution in [0.4, 0.5) is 0 Å². The summed E-state index contributed by atoms with van der Waals surface area (Å²) in [7, 11) is 2.42. The zero-order chi connectivity index (χ0) is 21.0. The number of nitrogens with zero attached hydrogens (tertiary/aromatic N) is 3. The van der Waals surface area contributed by atoms with Crippen LogP contribution in [0.1, 0.15) is 56.1 Å². The van der Waals surface area contributed by atoms with E-state index in [0.717, 1.165) is 35.0 Å². The van der Waals surface area contributed by atoms with E-state index < -0.39 is 5.41 Å². The molecule has 0 spiro atoms. The highest BCUT2D eigenvalue weighted by Crippen LogP contribution is 2.48. The Bertz CT molecular complexity index is 875. The van der Waals surface area contributed by atoms with Crippen molar-refractivity contribution in [1.82, 2.24) is 0 Å². The van der Waals surface area contributed by atoms with Gasteiger partial charge in [0, 0.05) is 38.5 Å². The Balaban J connectivity index is 0.00000272. The summed E-state index contributed by atoms with van der Waals surface area (Å²) in [6.07, 6.45) is 7.53. The van der Waals surface area contributed by atoms with Crippen LogP contribution in [-0.2, 0) is 5.41 Å². The highest BCUT2D eigenvalue weighted by atomic mass is 79.9. The van der Waals surface area contributed by atoms with Crippen LogP contribution in [-0.4, -0.2) is 30.2 Å². The molecule has 0 saturated carbocycles. The summed E-state index contributed by atoms with van der Waals surface area (Å²) in [4.78, 5) is 0. The van der Waals surface area contributed by atoms with E-state index >= 15 is 0 Å². The average Bonchev–Trinajstić information content (AvgIpc) is 2.95. The fraction of sp³-hybridized carbons (Fsp3) is 0.481. The molecule has 2 heterocycles. The van der Waals surface area contributed by atoms with Crippen LogP contribution in [0.25, 0.3) is 0 Å². The quantitative estimate of drug-likeness (QED) is 0.454. The summed E-state index contributed by atoms with van der Waals surface area (Å²) in [5.41, 5.74) is 1.64. The van der Waals surface area contributed by atoms with Crippen LogP contribution < -0.4 is 17.0 Å². The average molecular weight is 478 g/mol. The first-order valence-electron chi connectivity index (χ1n) is 11.4. The summed E-state index contributed by atoms with van der Waals surface area (Å²) >= 11 is 0. The third kappa shape index (κ3) is 4.43. The SMILES string of the molecule is C[N+]1(CCCC#N)C2CCC1CC(CC(C#N)(c1ccccc1)c1ccccc1)C2.[Br-]. The summed E-state index contributed by atoms with van der Waals surface area (Å²) in [5.74, 6) is 0.560. The number of hydrogen-bond acceptors (Lipinski definition) is 2. The smallest absolute Gasteiger partial charge is 0.107 e. The monoisotopic (exact) mass is 477 g/mol. The largest absolute Gasteiger partial charge is 1.00 e. The molecule has 2 unspecified atom stereocenters. The van der Waals surface area contributed by atoms with Gasteiger partial charge in [0.15, 0.2) is 0 Å². The number of rotatable bonds is 7. The summed E-state index contributed by atoms with van der Waals surface area (Å²) in [5, 5.41) is 19.5. The molecule has 2 bridgehead atoms. The van der Waals surface area contributed by atoms with E-state index in [1.54, 1.807) is 0 Å². The van der Waals surface area contributed by atoms with E-state index in [4.69, 9.17) is 5.26 Å². The van der Waals surface area contributed by atoms with Crippen molar-refractivity contribution in [2.75, 3.05) is 13.6 Å². The number of fused-ring (bicyclic) bond motifs is 2. The maximum Gasteiger partial charge on any atom is 0.107 e. The van der Waals surface area contributed by atoms with Gasteiger partial charge in [0.05, 0.1) is 37.8 Å². The maximum atomic E-state index is 10.5. The number of quaternary nitrogens is 1. The van der Waals surface area contributed by atoms with Gasteiger partial charge in [-0.2, -0.15) is 10.5 Å². The van der Waals surface area contributed by atoms with Crippen molar-refractivity contribution in [2.45, 2.75) is 62.4 Å². The number of piperidine rings is 1. The van der Waals surface area contributed by atoms with Crippen molar-refractivity contribution >= 4 is 0 Å². The normalized spacial score (nSPS) is 27.0. The van der Waals surface area contributed by atoms with Crippen molar-refractivity contribution in [3.8, 4) is 12.1 Å². The van der Waals surface area contributed by atoms with Gasteiger partial charge in [0.1, 0.15) is 5.41 Å². The predicted octanol–water partition coefficient (Wildman–Crippen LogP) is 2.58. The maximum absolute atomic E-state index is 10.5. The second-order valence-electron chi connectivity index (χ2n) is 9.51. The zero-order valence-electron chi connectivity index (χ0n) is 18.4. The topological polar surface area (TPSA) is 47.6 Å². The summed E-state index contributed by atoms with van der Waals surface area (Å²) in [6, 6.07) is 27.2. The van der Waals surface area contributed by atoms with Crippen molar-refractivity contribution in [3.05, 3.63) is 71.8 Å². The summed E-state index contributed by atoms with van der Waals surface area (Å²) in [6.45, 7) is 1.12. The molecule has 0 aliphatic carbocycles. The van der Waals surface area contributed by atoms with Crippen LogP contribution in [0.3, 0.4) is 0 Å². The van der Waals surface area contributed by atoms with Gasteiger partial charge in [-0.3, -0.25) is 0 Å². The molecule has 0 radical (unpaired) electrons. The zero-order valence-corrected chi connectivity index (χ0v) is 20.0. The molecule has 2 saturated heterocycles. The van der Waals surface area contributed by atoms with Gasteiger partial charge < -0.3 is 21.5 Å². The van der Waals surface area contributed by atoms with Gasteiger partial charge in [-0.1, -0.05) is 60.7 Å². The minimum atomic E-state index is -0.589. The Kier molecular flexibility index (Phi) is 7.58. The first-order valence-corrected chi connectivity index (χ1v) is 11.4. The van der Waals surface area contributed by atoms with E-state index in [9.17, 15) is 5.26 Å². The molecule has 4 heteroatoms. The van der Waals surface area contributed by atoms with Crippen LogP contribution in [0.5, 0.6) is 0 Å². The Morgan fingerprint density at radius 2 is 1.42 bits per heavy atom. The van der Waals surface area contributed by atoms with Crippen LogP contribution in [0.2, 0.25) is 0 Å². The van der Waals surface area contributed by atoms with Crippen LogP contribution >= 0.6 is 0 Å². The molecule has 162 valence electrons. The van der Waals surface area contributed by atoms with Gasteiger partial charge >= 0.3 is 0 Å². The molecule has 2 aromatic rings. The van der Waals surface area contributed by atoms with E-state index in [0.29, 0.717) is 24.4 Å². The van der Waals surface area contributed by atoms with Crippen molar-refractivity contribution in [2.24, 2.45) is 5.92 Å². The lowest BCUT2D eigenvalue weighted by atomic mass is 9.67. The van der Waals surface area contributed by atoms with Gasteiger partial charge in [-0.15, -0.1) is 0 Å². The Hall–Kier alpha value is -2.14.